The smallest absolute Gasteiger partial charge is 0.0100 e. The van der Waals surface area contributed by atoms with E-state index in [1.165, 1.54) is 31.2 Å². The summed E-state index contributed by atoms with van der Waals surface area (Å²) in [7, 11) is 0. The predicted molar refractivity (Wildman–Crippen MR) is 96.2 cm³/mol. The molecule has 0 bridgehead atoms. The number of allylic oxidation sites excluding steroid dienone is 2. The first-order valence-corrected chi connectivity index (χ1v) is 8.49. The minimum Gasteiger partial charge on any atom is -0.0919 e. The molecule has 0 aliphatic heterocycles. The van der Waals surface area contributed by atoms with E-state index in [0.717, 1.165) is 0 Å². The number of hydrogen-bond acceptors (Lipinski definition) is 0. The summed E-state index contributed by atoms with van der Waals surface area (Å²) in [5.41, 5.74) is 5.40. The molecule has 2 rings (SSSR count). The molecule has 0 atom stereocenters. The van der Waals surface area contributed by atoms with Crippen LogP contribution in [0, 0.1) is 0 Å². The van der Waals surface area contributed by atoms with Gasteiger partial charge in [-0.1, -0.05) is 71.4 Å². The zero-order chi connectivity index (χ0) is 16.1. The van der Waals surface area contributed by atoms with Crippen molar-refractivity contribution in [2.45, 2.75) is 85.0 Å². The van der Waals surface area contributed by atoms with Gasteiger partial charge in [0.2, 0.25) is 0 Å². The van der Waals surface area contributed by atoms with Gasteiger partial charge in [0, 0.05) is 0 Å². The summed E-state index contributed by atoms with van der Waals surface area (Å²) >= 11 is 0. The highest BCUT2D eigenvalue weighted by molar-refractivity contribution is 5.43. The maximum atomic E-state index is 2.47. The summed E-state index contributed by atoms with van der Waals surface area (Å²) in [6, 6.07) is 7.20. The van der Waals surface area contributed by atoms with Crippen LogP contribution in [0.4, 0.5) is 0 Å². The molecule has 0 N–H and O–H groups in total. The average Bonchev–Trinajstić information content (AvgIpc) is 2.45. The monoisotopic (exact) mass is 286 g/mol. The Labute approximate surface area is 132 Å². The van der Waals surface area contributed by atoms with E-state index in [4.69, 9.17) is 0 Å². The van der Waals surface area contributed by atoms with Crippen LogP contribution in [0.5, 0.6) is 0 Å². The first-order valence-electron chi connectivity index (χ1n) is 8.49. The van der Waals surface area contributed by atoms with Gasteiger partial charge in [-0.15, -0.1) is 0 Å². The second-order valence-corrected chi connectivity index (χ2v) is 7.56. The van der Waals surface area contributed by atoms with E-state index in [9.17, 15) is 0 Å². The molecule has 118 valence electrons. The Morgan fingerprint density at radius 3 is 1.90 bits per heavy atom. The van der Waals surface area contributed by atoms with Crippen molar-refractivity contribution in [3.05, 3.63) is 47.0 Å². The molecule has 0 spiro atoms. The molecule has 0 heteroatoms. The molecular formula is C21H34. The molecule has 0 heterocycles. The van der Waals surface area contributed by atoms with Gasteiger partial charge in [0.25, 0.3) is 0 Å². The molecule has 1 aliphatic carbocycles. The van der Waals surface area contributed by atoms with Crippen molar-refractivity contribution < 1.29 is 0 Å². The van der Waals surface area contributed by atoms with Crippen molar-refractivity contribution in [1.29, 1.82) is 0 Å². The fourth-order valence-corrected chi connectivity index (χ4v) is 3.08. The fourth-order valence-electron chi connectivity index (χ4n) is 3.08. The van der Waals surface area contributed by atoms with Gasteiger partial charge in [-0.3, -0.25) is 0 Å². The highest BCUT2D eigenvalue weighted by atomic mass is 14.4. The summed E-state index contributed by atoms with van der Waals surface area (Å²) in [5, 5.41) is 0. The van der Waals surface area contributed by atoms with E-state index >= 15 is 0 Å². The lowest BCUT2D eigenvalue weighted by Crippen LogP contribution is -2.33. The van der Waals surface area contributed by atoms with Crippen molar-refractivity contribution in [2.24, 2.45) is 0 Å². The molecule has 0 aromatic heterocycles. The van der Waals surface area contributed by atoms with Gasteiger partial charge in [0.05, 0.1) is 0 Å². The third-order valence-corrected chi connectivity index (χ3v) is 4.79. The van der Waals surface area contributed by atoms with Crippen LogP contribution >= 0.6 is 0 Å². The molecule has 0 saturated heterocycles. The zero-order valence-electron chi connectivity index (χ0n) is 15.2. The predicted octanol–water partition coefficient (Wildman–Crippen LogP) is 6.57. The van der Waals surface area contributed by atoms with E-state index in [0.29, 0.717) is 10.8 Å². The Morgan fingerprint density at radius 1 is 0.905 bits per heavy atom. The van der Waals surface area contributed by atoms with Crippen LogP contribution in [0.25, 0.3) is 0 Å². The van der Waals surface area contributed by atoms with Crippen LogP contribution in [0.2, 0.25) is 0 Å². The van der Waals surface area contributed by atoms with Gasteiger partial charge >= 0.3 is 0 Å². The lowest BCUT2D eigenvalue weighted by molar-refractivity contribution is 0.331. The highest BCUT2D eigenvalue weighted by Gasteiger charge is 2.36. The topological polar surface area (TPSA) is 0 Å². The summed E-state index contributed by atoms with van der Waals surface area (Å²) in [6.45, 7) is 15.8. The van der Waals surface area contributed by atoms with Crippen molar-refractivity contribution >= 4 is 0 Å². The molecule has 0 nitrogen and oxygen atoms in total. The molecular weight excluding hydrogens is 252 g/mol. The van der Waals surface area contributed by atoms with Crippen molar-refractivity contribution in [3.8, 4) is 0 Å². The zero-order valence-corrected chi connectivity index (χ0v) is 15.2. The van der Waals surface area contributed by atoms with Crippen molar-refractivity contribution in [3.63, 3.8) is 0 Å². The second kappa shape index (κ2) is 7.29. The lowest BCUT2D eigenvalue weighted by Gasteiger charge is -2.42. The van der Waals surface area contributed by atoms with E-state index in [1.807, 2.05) is 26.0 Å². The van der Waals surface area contributed by atoms with Crippen LogP contribution in [0.3, 0.4) is 0 Å². The number of rotatable bonds is 2. The van der Waals surface area contributed by atoms with Gasteiger partial charge in [-0.25, -0.2) is 0 Å². The molecule has 0 saturated carbocycles. The number of fused-ring (bicyclic) bond motifs is 1. The fraction of sp³-hybridized carbons (Fsp3) is 0.619. The van der Waals surface area contributed by atoms with Crippen molar-refractivity contribution in [2.75, 3.05) is 0 Å². The van der Waals surface area contributed by atoms with Gasteiger partial charge in [-0.2, -0.15) is 0 Å². The Bertz CT molecular complexity index is 471. The minimum atomic E-state index is 0.356. The molecule has 1 aliphatic rings. The maximum Gasteiger partial charge on any atom is -0.0100 e. The summed E-state index contributed by atoms with van der Waals surface area (Å²) < 4.78 is 0. The van der Waals surface area contributed by atoms with Crippen LogP contribution in [0.15, 0.2) is 30.4 Å². The Kier molecular flexibility index (Phi) is 6.25. The molecule has 1 aromatic carbocycles. The summed E-state index contributed by atoms with van der Waals surface area (Å²) in [6.07, 6.45) is 9.06. The molecule has 0 radical (unpaired) electrons. The first-order chi connectivity index (χ1) is 9.78. The number of hydrogen-bond donors (Lipinski definition) is 0. The number of aryl methyl sites for hydroxylation is 1. The second-order valence-electron chi connectivity index (χ2n) is 7.56. The average molecular weight is 287 g/mol. The Hall–Kier alpha value is -1.04. The molecule has 0 unspecified atom stereocenters. The van der Waals surface area contributed by atoms with Gasteiger partial charge in [0.15, 0.2) is 0 Å². The van der Waals surface area contributed by atoms with Gasteiger partial charge in [-0.05, 0) is 60.6 Å². The highest BCUT2D eigenvalue weighted by Crippen LogP contribution is 2.45. The SMILES string of the molecule is CC=CC.CCCc1ccc2c(c1)C(C)(C)CCC2(C)C. The van der Waals surface area contributed by atoms with Crippen LogP contribution in [-0.4, -0.2) is 0 Å². The van der Waals surface area contributed by atoms with Crippen LogP contribution in [-0.2, 0) is 17.3 Å². The molecule has 0 amide bonds. The van der Waals surface area contributed by atoms with Gasteiger partial charge < -0.3 is 0 Å². The largest absolute Gasteiger partial charge is 0.0919 e. The summed E-state index contributed by atoms with van der Waals surface area (Å²) in [5.74, 6) is 0. The number of benzene rings is 1. The quantitative estimate of drug-likeness (QED) is 0.539. The van der Waals surface area contributed by atoms with E-state index in [-0.39, 0.29) is 0 Å². The van der Waals surface area contributed by atoms with Crippen molar-refractivity contribution in [1.82, 2.24) is 0 Å². The van der Waals surface area contributed by atoms with E-state index in [1.54, 1.807) is 11.1 Å². The standard InChI is InChI=1S/C17H26.C4H8/c1-6-7-13-8-9-14-15(12-13)17(4,5)11-10-16(14,2)3;1-3-4-2/h8-9,12H,6-7,10-11H2,1-5H3;3-4H,1-2H3. The Balaban J connectivity index is 0.000000491. The lowest BCUT2D eigenvalue weighted by atomic mass is 9.63. The van der Waals surface area contributed by atoms with Gasteiger partial charge in [0.1, 0.15) is 0 Å². The minimum absolute atomic E-state index is 0.356. The molecule has 21 heavy (non-hydrogen) atoms. The molecule has 0 fully saturated rings. The van der Waals surface area contributed by atoms with Crippen LogP contribution < -0.4 is 0 Å². The van der Waals surface area contributed by atoms with Crippen LogP contribution in [0.1, 0.15) is 84.4 Å². The normalized spacial score (nSPS) is 18.8. The maximum absolute atomic E-state index is 2.47. The van der Waals surface area contributed by atoms with E-state index < -0.39 is 0 Å². The third-order valence-electron chi connectivity index (χ3n) is 4.79. The third kappa shape index (κ3) is 4.46. The molecule has 1 aromatic rings. The Morgan fingerprint density at radius 2 is 1.43 bits per heavy atom. The van der Waals surface area contributed by atoms with E-state index in [2.05, 4.69) is 52.8 Å². The summed E-state index contributed by atoms with van der Waals surface area (Å²) in [4.78, 5) is 0. The first kappa shape index (κ1) is 18.0.